The third kappa shape index (κ3) is 3.84. The summed E-state index contributed by atoms with van der Waals surface area (Å²) in [6.45, 7) is 1.66. The summed E-state index contributed by atoms with van der Waals surface area (Å²) in [6.07, 6.45) is -0.937. The van der Waals surface area contributed by atoms with E-state index in [0.29, 0.717) is 11.3 Å². The molecule has 0 fully saturated rings. The van der Waals surface area contributed by atoms with E-state index in [-0.39, 0.29) is 17.2 Å². The molecule has 1 atom stereocenters. The lowest BCUT2D eigenvalue weighted by molar-refractivity contribution is 0.191. The molecule has 22 heavy (non-hydrogen) atoms. The van der Waals surface area contributed by atoms with Crippen LogP contribution in [0.3, 0.4) is 0 Å². The second-order valence-corrected chi connectivity index (χ2v) is 7.10. The van der Waals surface area contributed by atoms with Crippen molar-refractivity contribution < 1.29 is 17.9 Å². The van der Waals surface area contributed by atoms with Crippen LogP contribution in [0.25, 0.3) is 0 Å². The number of aliphatic hydroxyl groups excluding tert-OH is 1. The molecule has 0 aliphatic carbocycles. The maximum Gasteiger partial charge on any atom is 0.180 e. The molecule has 0 bridgehead atoms. The number of benzene rings is 2. The van der Waals surface area contributed by atoms with Crippen LogP contribution < -0.4 is 5.32 Å². The van der Waals surface area contributed by atoms with Crippen molar-refractivity contribution in [3.8, 4) is 0 Å². The molecule has 0 saturated carbocycles. The van der Waals surface area contributed by atoms with E-state index in [0.717, 1.165) is 0 Å². The summed E-state index contributed by atoms with van der Waals surface area (Å²) in [6, 6.07) is 12.2. The molecule has 0 spiro atoms. The maximum atomic E-state index is 13.1. The maximum absolute atomic E-state index is 13.1. The number of sulfone groups is 1. The highest BCUT2D eigenvalue weighted by Crippen LogP contribution is 2.23. The number of para-hydroxylation sites is 1. The van der Waals surface area contributed by atoms with Crippen LogP contribution in [0.2, 0.25) is 0 Å². The Labute approximate surface area is 129 Å². The van der Waals surface area contributed by atoms with Gasteiger partial charge in [-0.2, -0.15) is 0 Å². The van der Waals surface area contributed by atoms with Gasteiger partial charge in [-0.05, 0) is 29.8 Å². The Morgan fingerprint density at radius 2 is 1.91 bits per heavy atom. The molecule has 2 N–H and O–H groups in total. The van der Waals surface area contributed by atoms with Crippen molar-refractivity contribution in [1.29, 1.82) is 0 Å². The monoisotopic (exact) mass is 323 g/mol. The highest BCUT2D eigenvalue weighted by Gasteiger charge is 2.17. The second kappa shape index (κ2) is 6.89. The Hall–Kier alpha value is -1.92. The van der Waals surface area contributed by atoms with Crippen LogP contribution in [0.1, 0.15) is 18.6 Å². The minimum absolute atomic E-state index is 0.00184. The second-order valence-electron chi connectivity index (χ2n) is 4.85. The van der Waals surface area contributed by atoms with Gasteiger partial charge in [-0.25, -0.2) is 12.8 Å². The summed E-state index contributed by atoms with van der Waals surface area (Å²) in [4.78, 5) is 0.198. The van der Waals surface area contributed by atoms with E-state index in [2.05, 4.69) is 5.32 Å². The molecule has 2 aromatic rings. The number of hydrogen-bond acceptors (Lipinski definition) is 4. The molecule has 0 unspecified atom stereocenters. The molecule has 4 nitrogen and oxygen atoms in total. The number of aliphatic hydroxyl groups is 1. The molecular weight excluding hydrogens is 305 g/mol. The minimum Gasteiger partial charge on any atom is -0.387 e. The highest BCUT2D eigenvalue weighted by atomic mass is 32.2. The summed E-state index contributed by atoms with van der Waals surface area (Å²) >= 11 is 0. The van der Waals surface area contributed by atoms with Crippen LogP contribution in [0.5, 0.6) is 0 Å². The lowest BCUT2D eigenvalue weighted by Gasteiger charge is -2.15. The Morgan fingerprint density at radius 1 is 1.18 bits per heavy atom. The number of hydrogen-bond donors (Lipinski definition) is 2. The minimum atomic E-state index is -3.35. The van der Waals surface area contributed by atoms with Gasteiger partial charge in [0.2, 0.25) is 0 Å². The van der Waals surface area contributed by atoms with E-state index in [1.165, 1.54) is 24.3 Å². The van der Waals surface area contributed by atoms with Gasteiger partial charge in [-0.15, -0.1) is 0 Å². The van der Waals surface area contributed by atoms with E-state index < -0.39 is 21.8 Å². The van der Waals surface area contributed by atoms with Crippen molar-refractivity contribution in [2.75, 3.05) is 17.6 Å². The predicted octanol–water partition coefficient (Wildman–Crippen LogP) is 2.76. The number of rotatable bonds is 6. The van der Waals surface area contributed by atoms with Gasteiger partial charge in [0.1, 0.15) is 5.82 Å². The Morgan fingerprint density at radius 3 is 2.59 bits per heavy atom. The van der Waals surface area contributed by atoms with Crippen LogP contribution in [-0.4, -0.2) is 25.8 Å². The van der Waals surface area contributed by atoms with Crippen molar-refractivity contribution in [3.05, 3.63) is 59.9 Å². The van der Waals surface area contributed by atoms with Crippen LogP contribution in [0.4, 0.5) is 10.1 Å². The van der Waals surface area contributed by atoms with Crippen molar-refractivity contribution in [1.82, 2.24) is 0 Å². The van der Waals surface area contributed by atoms with E-state index in [4.69, 9.17) is 0 Å². The van der Waals surface area contributed by atoms with E-state index in [1.807, 2.05) is 0 Å². The molecule has 0 radical (unpaired) electrons. The Kier molecular flexibility index (Phi) is 5.15. The Bertz CT molecular complexity index is 747. The quantitative estimate of drug-likeness (QED) is 0.858. The van der Waals surface area contributed by atoms with Gasteiger partial charge in [0.25, 0.3) is 0 Å². The molecule has 0 saturated heterocycles. The zero-order valence-electron chi connectivity index (χ0n) is 12.2. The van der Waals surface area contributed by atoms with Crippen molar-refractivity contribution >= 4 is 15.5 Å². The first-order chi connectivity index (χ1) is 10.4. The largest absolute Gasteiger partial charge is 0.387 e. The zero-order valence-corrected chi connectivity index (χ0v) is 13.0. The summed E-state index contributed by atoms with van der Waals surface area (Å²) in [5, 5.41) is 13.0. The van der Waals surface area contributed by atoms with Gasteiger partial charge in [-0.3, -0.25) is 0 Å². The van der Waals surface area contributed by atoms with Crippen LogP contribution in [0, 0.1) is 5.82 Å². The first kappa shape index (κ1) is 16.5. The van der Waals surface area contributed by atoms with Crippen molar-refractivity contribution in [2.45, 2.75) is 17.9 Å². The third-order valence-electron chi connectivity index (χ3n) is 3.32. The fourth-order valence-corrected chi connectivity index (χ4v) is 3.15. The van der Waals surface area contributed by atoms with Gasteiger partial charge in [-0.1, -0.05) is 31.2 Å². The van der Waals surface area contributed by atoms with Crippen LogP contribution in [0.15, 0.2) is 53.4 Å². The lowest BCUT2D eigenvalue weighted by Crippen LogP contribution is -2.15. The topological polar surface area (TPSA) is 66.4 Å². The van der Waals surface area contributed by atoms with E-state index in [9.17, 15) is 17.9 Å². The summed E-state index contributed by atoms with van der Waals surface area (Å²) in [5.41, 5.74) is 0.864. The van der Waals surface area contributed by atoms with Crippen molar-refractivity contribution in [3.63, 3.8) is 0 Å². The Balaban J connectivity index is 2.16. The third-order valence-corrected chi connectivity index (χ3v) is 5.11. The number of anilines is 1. The lowest BCUT2D eigenvalue weighted by atomic mass is 10.1. The van der Waals surface area contributed by atoms with Gasteiger partial charge in [0.15, 0.2) is 9.84 Å². The van der Waals surface area contributed by atoms with Gasteiger partial charge in [0.05, 0.1) is 22.4 Å². The summed E-state index contributed by atoms with van der Waals surface area (Å²) in [5.74, 6) is -0.427. The molecule has 0 aliphatic heterocycles. The SMILES string of the molecule is CCS(=O)(=O)c1ccccc1NC[C@H](O)c1cccc(F)c1. The molecule has 0 amide bonds. The summed E-state index contributed by atoms with van der Waals surface area (Å²) in [7, 11) is -3.35. The molecule has 0 aromatic heterocycles. The highest BCUT2D eigenvalue weighted by molar-refractivity contribution is 7.91. The molecule has 2 aromatic carbocycles. The molecule has 118 valence electrons. The standard InChI is InChI=1S/C16H18FNO3S/c1-2-22(20,21)16-9-4-3-8-14(16)18-11-15(19)12-6-5-7-13(17)10-12/h3-10,15,18-19H,2,11H2,1H3/t15-/m0/s1. The number of nitrogens with one attached hydrogen (secondary N) is 1. The van der Waals surface area contributed by atoms with Crippen LogP contribution in [-0.2, 0) is 9.84 Å². The first-order valence-electron chi connectivity index (χ1n) is 6.93. The average Bonchev–Trinajstić information content (AvgIpc) is 2.52. The van der Waals surface area contributed by atoms with Gasteiger partial charge >= 0.3 is 0 Å². The smallest absolute Gasteiger partial charge is 0.180 e. The van der Waals surface area contributed by atoms with E-state index in [1.54, 1.807) is 31.2 Å². The fourth-order valence-electron chi connectivity index (χ4n) is 2.08. The van der Waals surface area contributed by atoms with Crippen molar-refractivity contribution in [2.24, 2.45) is 0 Å². The average molecular weight is 323 g/mol. The first-order valence-corrected chi connectivity index (χ1v) is 8.58. The molecule has 6 heteroatoms. The molecule has 2 rings (SSSR count). The molecule has 0 aliphatic rings. The molecule has 0 heterocycles. The fraction of sp³-hybridized carbons (Fsp3) is 0.250. The van der Waals surface area contributed by atoms with Gasteiger partial charge in [0, 0.05) is 6.54 Å². The van der Waals surface area contributed by atoms with Gasteiger partial charge < -0.3 is 10.4 Å². The summed E-state index contributed by atoms with van der Waals surface area (Å²) < 4.78 is 37.2. The number of halogens is 1. The normalized spacial score (nSPS) is 12.9. The zero-order chi connectivity index (χ0) is 16.2. The molecular formula is C16H18FNO3S. The van der Waals surface area contributed by atoms with E-state index >= 15 is 0 Å². The predicted molar refractivity (Wildman–Crippen MR) is 84.0 cm³/mol. The van der Waals surface area contributed by atoms with Crippen LogP contribution >= 0.6 is 0 Å².